The summed E-state index contributed by atoms with van der Waals surface area (Å²) in [4.78, 5) is 1.92. The highest BCUT2D eigenvalue weighted by Crippen LogP contribution is 2.38. The van der Waals surface area contributed by atoms with Crippen LogP contribution < -0.4 is 5.32 Å². The summed E-state index contributed by atoms with van der Waals surface area (Å²) in [5.41, 5.74) is -0.476. The van der Waals surface area contributed by atoms with Gasteiger partial charge in [-0.05, 0) is 18.8 Å². The highest BCUT2D eigenvalue weighted by Gasteiger charge is 2.36. The molecule has 0 unspecified atom stereocenters. The summed E-state index contributed by atoms with van der Waals surface area (Å²) in [5.74, 6) is -5.33. The molecule has 2 saturated heterocycles. The molecule has 3 rings (SSSR count). The van der Waals surface area contributed by atoms with Gasteiger partial charge in [0.05, 0.1) is 0 Å². The molecule has 25 heavy (non-hydrogen) atoms. The quantitative estimate of drug-likeness (QED) is 0.616. The molecule has 1 aromatic rings. The van der Waals surface area contributed by atoms with Gasteiger partial charge in [-0.3, -0.25) is 4.90 Å². The summed E-state index contributed by atoms with van der Waals surface area (Å²) in [6, 6.07) is -0.404. The van der Waals surface area contributed by atoms with Crippen LogP contribution >= 0.6 is 24.8 Å². The normalized spacial score (nSPS) is 20.5. The Morgan fingerprint density at radius 2 is 1.48 bits per heavy atom. The predicted octanol–water partition coefficient (Wildman–Crippen LogP) is 3.46. The summed E-state index contributed by atoms with van der Waals surface area (Å²) >= 11 is 0. The summed E-state index contributed by atoms with van der Waals surface area (Å²) in [6.45, 7) is 3.52. The fraction of sp³-hybridized carbons (Fsp3) is 0.625. The molecule has 0 radical (unpaired) electrons. The van der Waals surface area contributed by atoms with Crippen LogP contribution in [0.15, 0.2) is 6.07 Å². The molecule has 2 fully saturated rings. The first-order valence-electron chi connectivity index (χ1n) is 7.95. The van der Waals surface area contributed by atoms with E-state index in [9.17, 15) is 17.6 Å². The summed E-state index contributed by atoms with van der Waals surface area (Å²) in [5, 5.41) is 3.17. The molecule has 0 aliphatic carbocycles. The third-order valence-electron chi connectivity index (χ3n) is 4.70. The molecule has 2 aliphatic heterocycles. The molecule has 144 valence electrons. The molecule has 0 spiro atoms. The number of nitrogens with zero attached hydrogens (tertiary/aromatic N) is 1. The van der Waals surface area contributed by atoms with E-state index in [4.69, 9.17) is 4.74 Å². The zero-order chi connectivity index (χ0) is 16.4. The zero-order valence-electron chi connectivity index (χ0n) is 13.6. The van der Waals surface area contributed by atoms with E-state index in [1.54, 1.807) is 0 Å². The lowest BCUT2D eigenvalue weighted by molar-refractivity contribution is 0.0187. The molecule has 1 N–H and O–H groups in total. The Hall–Kier alpha value is -0.600. The van der Waals surface area contributed by atoms with E-state index in [0.29, 0.717) is 52.2 Å². The minimum atomic E-state index is -1.34. The number of piperazine rings is 1. The average Bonchev–Trinajstić information content (AvgIpc) is 2.58. The van der Waals surface area contributed by atoms with Crippen molar-refractivity contribution in [2.24, 2.45) is 5.92 Å². The van der Waals surface area contributed by atoms with Gasteiger partial charge in [-0.15, -0.1) is 24.8 Å². The Morgan fingerprint density at radius 1 is 0.960 bits per heavy atom. The maximum absolute atomic E-state index is 14.3. The second-order valence-corrected chi connectivity index (χ2v) is 6.06. The van der Waals surface area contributed by atoms with Crippen molar-refractivity contribution in [2.45, 2.75) is 18.9 Å². The third-order valence-corrected chi connectivity index (χ3v) is 4.70. The van der Waals surface area contributed by atoms with Crippen molar-refractivity contribution in [1.82, 2.24) is 10.2 Å². The van der Waals surface area contributed by atoms with Gasteiger partial charge >= 0.3 is 0 Å². The van der Waals surface area contributed by atoms with Crippen LogP contribution in [0.5, 0.6) is 0 Å². The van der Waals surface area contributed by atoms with Gasteiger partial charge in [0, 0.05) is 57.1 Å². The molecule has 0 aromatic heterocycles. The average molecular weight is 405 g/mol. The van der Waals surface area contributed by atoms with Crippen molar-refractivity contribution in [3.63, 3.8) is 0 Å². The van der Waals surface area contributed by atoms with Crippen LogP contribution in [0.3, 0.4) is 0 Å². The lowest BCUT2D eigenvalue weighted by atomic mass is 9.85. The zero-order valence-corrected chi connectivity index (χ0v) is 15.2. The number of hydrogen-bond acceptors (Lipinski definition) is 3. The molecular formula is C16H22Cl2F4N2O. The summed E-state index contributed by atoms with van der Waals surface area (Å²) in [6.07, 6.45) is 1.23. The molecule has 0 bridgehead atoms. The molecule has 1 atom stereocenters. The van der Waals surface area contributed by atoms with Crippen LogP contribution in [-0.2, 0) is 4.74 Å². The van der Waals surface area contributed by atoms with Gasteiger partial charge in [0.25, 0.3) is 0 Å². The van der Waals surface area contributed by atoms with Crippen LogP contribution in [0.25, 0.3) is 0 Å². The van der Waals surface area contributed by atoms with Gasteiger partial charge < -0.3 is 10.1 Å². The van der Waals surface area contributed by atoms with Crippen LogP contribution in [0.2, 0.25) is 0 Å². The van der Waals surface area contributed by atoms with Crippen LogP contribution in [0.1, 0.15) is 24.4 Å². The Morgan fingerprint density at radius 3 is 2.00 bits per heavy atom. The predicted molar refractivity (Wildman–Crippen MR) is 91.5 cm³/mol. The van der Waals surface area contributed by atoms with E-state index < -0.39 is 34.9 Å². The van der Waals surface area contributed by atoms with E-state index in [2.05, 4.69) is 5.32 Å². The Labute approximate surface area is 156 Å². The van der Waals surface area contributed by atoms with Crippen molar-refractivity contribution in [1.29, 1.82) is 0 Å². The highest BCUT2D eigenvalue weighted by atomic mass is 35.5. The maximum Gasteiger partial charge on any atom is 0.166 e. The number of rotatable bonds is 3. The lowest BCUT2D eigenvalue weighted by Crippen LogP contribution is -2.48. The van der Waals surface area contributed by atoms with Crippen molar-refractivity contribution < 1.29 is 22.3 Å². The first-order chi connectivity index (χ1) is 11.1. The number of hydrogen-bond donors (Lipinski definition) is 1. The fourth-order valence-corrected chi connectivity index (χ4v) is 3.56. The molecule has 2 aliphatic rings. The molecule has 0 saturated carbocycles. The van der Waals surface area contributed by atoms with E-state index in [1.165, 1.54) is 0 Å². The number of ether oxygens (including phenoxy) is 1. The Bertz CT molecular complexity index is 523. The van der Waals surface area contributed by atoms with Gasteiger partial charge in [0.1, 0.15) is 0 Å². The van der Waals surface area contributed by atoms with Gasteiger partial charge in [-0.1, -0.05) is 0 Å². The van der Waals surface area contributed by atoms with Crippen molar-refractivity contribution >= 4 is 24.8 Å². The summed E-state index contributed by atoms with van der Waals surface area (Å²) in [7, 11) is 0. The van der Waals surface area contributed by atoms with Gasteiger partial charge in [-0.25, -0.2) is 17.6 Å². The minimum absolute atomic E-state index is 0. The first-order valence-corrected chi connectivity index (χ1v) is 7.95. The van der Waals surface area contributed by atoms with E-state index in [-0.39, 0.29) is 36.8 Å². The van der Waals surface area contributed by atoms with Crippen molar-refractivity contribution in [2.75, 3.05) is 39.4 Å². The van der Waals surface area contributed by atoms with Crippen molar-refractivity contribution in [3.8, 4) is 0 Å². The topological polar surface area (TPSA) is 24.5 Å². The van der Waals surface area contributed by atoms with Crippen molar-refractivity contribution in [3.05, 3.63) is 34.9 Å². The molecule has 3 nitrogen and oxygen atoms in total. The summed E-state index contributed by atoms with van der Waals surface area (Å²) < 4.78 is 61.4. The van der Waals surface area contributed by atoms with Gasteiger partial charge in [0.15, 0.2) is 23.3 Å². The Balaban J connectivity index is 0.00000156. The van der Waals surface area contributed by atoms with E-state index in [1.807, 2.05) is 4.90 Å². The fourth-order valence-electron chi connectivity index (χ4n) is 3.56. The minimum Gasteiger partial charge on any atom is -0.381 e. The largest absolute Gasteiger partial charge is 0.381 e. The lowest BCUT2D eigenvalue weighted by Gasteiger charge is -2.41. The van der Waals surface area contributed by atoms with Gasteiger partial charge in [-0.2, -0.15) is 0 Å². The van der Waals surface area contributed by atoms with E-state index >= 15 is 0 Å². The monoisotopic (exact) mass is 404 g/mol. The third kappa shape index (κ3) is 4.77. The number of halogens is 6. The number of benzene rings is 1. The Kier molecular flexibility index (Phi) is 8.91. The molecule has 1 aromatic carbocycles. The highest BCUT2D eigenvalue weighted by molar-refractivity contribution is 5.85. The second-order valence-electron chi connectivity index (χ2n) is 6.06. The maximum atomic E-state index is 14.3. The molecule has 2 heterocycles. The smallest absolute Gasteiger partial charge is 0.166 e. The standard InChI is InChI=1S/C16H20F4N2O.2ClH/c17-11-9-12(18)15(20)13(14(11)19)16(10-1-7-23-8-2-10)22-5-3-21-4-6-22;;/h9-10,16,21H,1-8H2;2*1H/t16-;;/m1../s1. The van der Waals surface area contributed by atoms with Gasteiger partial charge in [0.2, 0.25) is 0 Å². The molecule has 0 amide bonds. The second kappa shape index (κ2) is 9.92. The molecule has 9 heteroatoms. The van der Waals surface area contributed by atoms with Crippen LogP contribution in [-0.4, -0.2) is 44.3 Å². The SMILES string of the molecule is Cl.Cl.Fc1cc(F)c(F)c([C@@H](C2CCOCC2)N2CCNCC2)c1F. The van der Waals surface area contributed by atoms with Crippen LogP contribution in [0, 0.1) is 29.2 Å². The van der Waals surface area contributed by atoms with Crippen LogP contribution in [0.4, 0.5) is 17.6 Å². The number of nitrogens with one attached hydrogen (secondary N) is 1. The molecular weight excluding hydrogens is 383 g/mol. The van der Waals surface area contributed by atoms with E-state index in [0.717, 1.165) is 0 Å². The first kappa shape index (κ1) is 22.4.